The number of aromatic nitrogens is 2. The molecule has 1 unspecified atom stereocenters. The quantitative estimate of drug-likeness (QED) is 0.612. The topological polar surface area (TPSA) is 84.7 Å². The van der Waals surface area contributed by atoms with Crippen molar-refractivity contribution < 1.29 is 14.3 Å². The molecule has 0 fully saturated rings. The molecule has 2 N–H and O–H groups in total. The number of benzene rings is 1. The molecule has 140 valence electrons. The first kappa shape index (κ1) is 18.7. The highest BCUT2D eigenvalue weighted by molar-refractivity contribution is 7.15. The SMILES string of the molecule is COc1ccc(/C=C/C(=O)NC(C)C(=O)NCc2cn3ccsc3n2)cc1. The van der Waals surface area contributed by atoms with Crippen LogP contribution in [0.2, 0.25) is 0 Å². The number of thiazole rings is 1. The Morgan fingerprint density at radius 2 is 2.11 bits per heavy atom. The summed E-state index contributed by atoms with van der Waals surface area (Å²) in [5, 5.41) is 7.37. The van der Waals surface area contributed by atoms with Crippen molar-refractivity contribution in [3.05, 3.63) is 59.4 Å². The molecule has 27 heavy (non-hydrogen) atoms. The largest absolute Gasteiger partial charge is 0.497 e. The Labute approximate surface area is 160 Å². The van der Waals surface area contributed by atoms with E-state index in [-0.39, 0.29) is 11.8 Å². The van der Waals surface area contributed by atoms with Crippen LogP contribution in [0.1, 0.15) is 18.2 Å². The molecule has 3 rings (SSSR count). The molecule has 2 amide bonds. The Morgan fingerprint density at radius 1 is 1.33 bits per heavy atom. The van der Waals surface area contributed by atoms with E-state index >= 15 is 0 Å². The average Bonchev–Trinajstić information content (AvgIpc) is 3.26. The highest BCUT2D eigenvalue weighted by Crippen LogP contribution is 2.12. The second-order valence-electron chi connectivity index (χ2n) is 5.88. The van der Waals surface area contributed by atoms with Crippen LogP contribution in [0, 0.1) is 0 Å². The zero-order chi connectivity index (χ0) is 19.2. The Kier molecular flexibility index (Phi) is 5.87. The van der Waals surface area contributed by atoms with Crippen LogP contribution in [0.5, 0.6) is 5.75 Å². The number of fused-ring (bicyclic) bond motifs is 1. The van der Waals surface area contributed by atoms with E-state index in [2.05, 4.69) is 15.6 Å². The van der Waals surface area contributed by atoms with Crippen molar-refractivity contribution in [1.29, 1.82) is 0 Å². The van der Waals surface area contributed by atoms with Gasteiger partial charge in [-0.2, -0.15) is 0 Å². The number of hydrogen-bond acceptors (Lipinski definition) is 5. The minimum atomic E-state index is -0.651. The van der Waals surface area contributed by atoms with Crippen molar-refractivity contribution in [3.63, 3.8) is 0 Å². The third kappa shape index (κ3) is 4.95. The molecule has 0 radical (unpaired) electrons. The van der Waals surface area contributed by atoms with Gasteiger partial charge >= 0.3 is 0 Å². The number of carbonyl (C=O) groups is 2. The third-order valence-corrected chi connectivity index (χ3v) is 4.65. The van der Waals surface area contributed by atoms with Gasteiger partial charge in [0.05, 0.1) is 19.3 Å². The summed E-state index contributed by atoms with van der Waals surface area (Å²) in [6, 6.07) is 6.66. The van der Waals surface area contributed by atoms with Crippen LogP contribution in [0.15, 0.2) is 48.1 Å². The molecule has 0 bridgehead atoms. The maximum Gasteiger partial charge on any atom is 0.244 e. The Balaban J connectivity index is 1.46. The number of ether oxygens (including phenoxy) is 1. The highest BCUT2D eigenvalue weighted by atomic mass is 32.1. The van der Waals surface area contributed by atoms with Crippen LogP contribution in [0.4, 0.5) is 0 Å². The van der Waals surface area contributed by atoms with Gasteiger partial charge in [0.2, 0.25) is 11.8 Å². The Hall–Kier alpha value is -3.13. The lowest BCUT2D eigenvalue weighted by molar-refractivity contribution is -0.126. The lowest BCUT2D eigenvalue weighted by atomic mass is 10.2. The average molecular weight is 384 g/mol. The standard InChI is InChI=1S/C19H20N4O3S/c1-13(18(25)20-11-15-12-23-9-10-27-19(23)22-15)21-17(24)8-5-14-3-6-16(26-2)7-4-14/h3-10,12-13H,11H2,1-2H3,(H,20,25)(H,21,24)/b8-5+. The number of amides is 2. The summed E-state index contributed by atoms with van der Waals surface area (Å²) < 4.78 is 6.99. The van der Waals surface area contributed by atoms with Gasteiger partial charge in [0.15, 0.2) is 4.96 Å². The minimum Gasteiger partial charge on any atom is -0.497 e. The Bertz CT molecular complexity index is 930. The van der Waals surface area contributed by atoms with E-state index in [9.17, 15) is 9.59 Å². The molecule has 7 nitrogen and oxygen atoms in total. The van der Waals surface area contributed by atoms with Crippen LogP contribution >= 0.6 is 11.3 Å². The van der Waals surface area contributed by atoms with Crippen LogP contribution < -0.4 is 15.4 Å². The number of imidazole rings is 1. The van der Waals surface area contributed by atoms with E-state index in [1.54, 1.807) is 20.1 Å². The van der Waals surface area contributed by atoms with Gasteiger partial charge in [-0.05, 0) is 30.7 Å². The number of carbonyl (C=O) groups excluding carboxylic acids is 2. The summed E-state index contributed by atoms with van der Waals surface area (Å²) in [5.41, 5.74) is 1.64. The van der Waals surface area contributed by atoms with Crippen LogP contribution in [0.3, 0.4) is 0 Å². The highest BCUT2D eigenvalue weighted by Gasteiger charge is 2.14. The number of rotatable bonds is 7. The third-order valence-electron chi connectivity index (χ3n) is 3.88. The molecule has 0 aliphatic carbocycles. The first-order valence-electron chi connectivity index (χ1n) is 8.36. The predicted molar refractivity (Wildman–Crippen MR) is 105 cm³/mol. The second kappa shape index (κ2) is 8.50. The normalized spacial score (nSPS) is 12.2. The fourth-order valence-corrected chi connectivity index (χ4v) is 3.12. The molecule has 0 spiro atoms. The molecule has 8 heteroatoms. The van der Waals surface area contributed by atoms with E-state index in [1.165, 1.54) is 17.4 Å². The lowest BCUT2D eigenvalue weighted by Crippen LogP contribution is -2.44. The number of nitrogens with one attached hydrogen (secondary N) is 2. The van der Waals surface area contributed by atoms with Gasteiger partial charge in [0, 0.05) is 23.8 Å². The fourth-order valence-electron chi connectivity index (χ4n) is 2.41. The van der Waals surface area contributed by atoms with Crippen molar-refractivity contribution in [2.24, 2.45) is 0 Å². The predicted octanol–water partition coefficient (Wildman–Crippen LogP) is 2.24. The van der Waals surface area contributed by atoms with Gasteiger partial charge in [-0.15, -0.1) is 11.3 Å². The molecular weight excluding hydrogens is 364 g/mol. The van der Waals surface area contributed by atoms with Crippen molar-refractivity contribution in [2.75, 3.05) is 7.11 Å². The van der Waals surface area contributed by atoms with Crippen molar-refractivity contribution in [3.8, 4) is 5.75 Å². The van der Waals surface area contributed by atoms with Crippen molar-refractivity contribution >= 4 is 34.2 Å². The molecule has 2 aromatic heterocycles. The molecule has 1 aromatic carbocycles. The molecular formula is C19H20N4O3S. The number of hydrogen-bond donors (Lipinski definition) is 2. The van der Waals surface area contributed by atoms with E-state index in [0.717, 1.165) is 22.0 Å². The summed E-state index contributed by atoms with van der Waals surface area (Å²) >= 11 is 1.53. The number of nitrogens with zero attached hydrogens (tertiary/aromatic N) is 2. The van der Waals surface area contributed by atoms with Crippen LogP contribution in [0.25, 0.3) is 11.0 Å². The summed E-state index contributed by atoms with van der Waals surface area (Å²) in [5.74, 6) is 0.146. The maximum atomic E-state index is 12.2. The van der Waals surface area contributed by atoms with Crippen LogP contribution in [-0.4, -0.2) is 34.4 Å². The molecule has 3 aromatic rings. The lowest BCUT2D eigenvalue weighted by Gasteiger charge is -2.12. The summed E-state index contributed by atoms with van der Waals surface area (Å²) in [6.45, 7) is 1.95. The second-order valence-corrected chi connectivity index (χ2v) is 6.75. The van der Waals surface area contributed by atoms with E-state index in [0.29, 0.717) is 6.54 Å². The van der Waals surface area contributed by atoms with Crippen molar-refractivity contribution in [2.45, 2.75) is 19.5 Å². The molecule has 0 saturated carbocycles. The Morgan fingerprint density at radius 3 is 2.81 bits per heavy atom. The number of methoxy groups -OCH3 is 1. The van der Waals surface area contributed by atoms with Crippen LogP contribution in [-0.2, 0) is 16.1 Å². The summed E-state index contributed by atoms with van der Waals surface area (Å²) in [6.07, 6.45) is 6.86. The van der Waals surface area contributed by atoms with Gasteiger partial charge in [0.25, 0.3) is 0 Å². The van der Waals surface area contributed by atoms with Gasteiger partial charge < -0.3 is 15.4 Å². The van der Waals surface area contributed by atoms with Gasteiger partial charge in [0.1, 0.15) is 11.8 Å². The molecule has 0 aliphatic rings. The molecule has 0 saturated heterocycles. The monoisotopic (exact) mass is 384 g/mol. The van der Waals surface area contributed by atoms with E-state index in [1.807, 2.05) is 46.4 Å². The smallest absolute Gasteiger partial charge is 0.244 e. The first-order chi connectivity index (χ1) is 13.0. The van der Waals surface area contributed by atoms with Crippen molar-refractivity contribution in [1.82, 2.24) is 20.0 Å². The fraction of sp³-hybridized carbons (Fsp3) is 0.211. The molecule has 2 heterocycles. The zero-order valence-corrected chi connectivity index (χ0v) is 15.8. The van der Waals surface area contributed by atoms with Gasteiger partial charge in [-0.1, -0.05) is 12.1 Å². The zero-order valence-electron chi connectivity index (χ0n) is 15.0. The summed E-state index contributed by atoms with van der Waals surface area (Å²) in [4.78, 5) is 29.4. The summed E-state index contributed by atoms with van der Waals surface area (Å²) in [7, 11) is 1.60. The molecule has 0 aliphatic heterocycles. The van der Waals surface area contributed by atoms with E-state index in [4.69, 9.17) is 4.74 Å². The minimum absolute atomic E-state index is 0.266. The molecule has 1 atom stereocenters. The van der Waals surface area contributed by atoms with Gasteiger partial charge in [-0.3, -0.25) is 14.0 Å². The maximum absolute atomic E-state index is 12.2. The first-order valence-corrected chi connectivity index (χ1v) is 9.24. The van der Waals surface area contributed by atoms with Gasteiger partial charge in [-0.25, -0.2) is 4.98 Å². The van der Waals surface area contributed by atoms with E-state index < -0.39 is 6.04 Å².